The standard InChI is InChI=1S/C9H19NO2/c1-3-5-7-9(12,6-4-2)8(10)11/h12H,3-7H2,1-2H3,(H2,10,11). The average molecular weight is 173 g/mol. The lowest BCUT2D eigenvalue weighted by atomic mass is 9.91. The molecule has 0 aliphatic rings. The van der Waals surface area contributed by atoms with Crippen molar-refractivity contribution in [1.82, 2.24) is 0 Å². The van der Waals surface area contributed by atoms with Crippen LogP contribution in [-0.4, -0.2) is 16.6 Å². The molecule has 0 radical (unpaired) electrons. The van der Waals surface area contributed by atoms with Crippen LogP contribution < -0.4 is 5.73 Å². The maximum atomic E-state index is 10.9. The highest BCUT2D eigenvalue weighted by Gasteiger charge is 2.31. The smallest absolute Gasteiger partial charge is 0.249 e. The van der Waals surface area contributed by atoms with E-state index in [9.17, 15) is 9.90 Å². The van der Waals surface area contributed by atoms with Crippen molar-refractivity contribution in [2.45, 2.75) is 51.6 Å². The van der Waals surface area contributed by atoms with Crippen LogP contribution in [0, 0.1) is 0 Å². The van der Waals surface area contributed by atoms with Crippen LogP contribution >= 0.6 is 0 Å². The van der Waals surface area contributed by atoms with Crippen LogP contribution in [0.4, 0.5) is 0 Å². The second-order valence-electron chi connectivity index (χ2n) is 3.25. The summed E-state index contributed by atoms with van der Waals surface area (Å²) >= 11 is 0. The number of carbonyl (C=O) groups excluding carboxylic acids is 1. The average Bonchev–Trinajstić information content (AvgIpc) is 2.01. The Kier molecular flexibility index (Phi) is 4.90. The predicted octanol–water partition coefficient (Wildman–Crippen LogP) is 1.19. The third-order valence-electron chi connectivity index (χ3n) is 2.07. The lowest BCUT2D eigenvalue weighted by molar-refractivity contribution is -0.137. The molecule has 0 aromatic heterocycles. The first kappa shape index (κ1) is 11.4. The maximum Gasteiger partial charge on any atom is 0.249 e. The number of rotatable bonds is 6. The van der Waals surface area contributed by atoms with Gasteiger partial charge in [0.2, 0.25) is 5.91 Å². The topological polar surface area (TPSA) is 63.3 Å². The fourth-order valence-electron chi connectivity index (χ4n) is 1.25. The van der Waals surface area contributed by atoms with E-state index in [0.717, 1.165) is 19.3 Å². The van der Waals surface area contributed by atoms with E-state index < -0.39 is 11.5 Å². The molecular weight excluding hydrogens is 154 g/mol. The largest absolute Gasteiger partial charge is 0.380 e. The Hall–Kier alpha value is -0.570. The van der Waals surface area contributed by atoms with Crippen molar-refractivity contribution in [2.75, 3.05) is 0 Å². The zero-order chi connectivity index (χ0) is 9.61. The Labute approximate surface area is 74.0 Å². The Bertz CT molecular complexity index is 147. The first-order chi connectivity index (χ1) is 5.56. The van der Waals surface area contributed by atoms with Gasteiger partial charge in [-0.1, -0.05) is 33.1 Å². The van der Waals surface area contributed by atoms with Crippen LogP contribution in [0.1, 0.15) is 46.0 Å². The van der Waals surface area contributed by atoms with Gasteiger partial charge < -0.3 is 10.8 Å². The molecule has 0 fully saturated rings. The van der Waals surface area contributed by atoms with E-state index >= 15 is 0 Å². The molecule has 0 aliphatic carbocycles. The van der Waals surface area contributed by atoms with Crippen LogP contribution in [0.5, 0.6) is 0 Å². The molecule has 72 valence electrons. The van der Waals surface area contributed by atoms with Crippen LogP contribution in [0.15, 0.2) is 0 Å². The van der Waals surface area contributed by atoms with E-state index in [1.165, 1.54) is 0 Å². The Morgan fingerprint density at radius 2 is 1.92 bits per heavy atom. The number of amides is 1. The third-order valence-corrected chi connectivity index (χ3v) is 2.07. The lowest BCUT2D eigenvalue weighted by Gasteiger charge is -2.23. The second-order valence-corrected chi connectivity index (χ2v) is 3.25. The number of primary amides is 1. The van der Waals surface area contributed by atoms with Crippen molar-refractivity contribution in [3.05, 3.63) is 0 Å². The van der Waals surface area contributed by atoms with Gasteiger partial charge in [0, 0.05) is 0 Å². The van der Waals surface area contributed by atoms with E-state index in [1.54, 1.807) is 0 Å². The van der Waals surface area contributed by atoms with Gasteiger partial charge >= 0.3 is 0 Å². The van der Waals surface area contributed by atoms with Crippen molar-refractivity contribution in [3.8, 4) is 0 Å². The lowest BCUT2D eigenvalue weighted by Crippen LogP contribution is -2.43. The molecule has 0 heterocycles. The summed E-state index contributed by atoms with van der Waals surface area (Å²) in [5, 5.41) is 9.75. The molecule has 0 saturated carbocycles. The van der Waals surface area contributed by atoms with E-state index in [1.807, 2.05) is 13.8 Å². The highest BCUT2D eigenvalue weighted by molar-refractivity contribution is 5.83. The molecular formula is C9H19NO2. The fourth-order valence-corrected chi connectivity index (χ4v) is 1.25. The molecule has 3 heteroatoms. The normalized spacial score (nSPS) is 15.6. The SMILES string of the molecule is CCCCC(O)(CCC)C(N)=O. The highest BCUT2D eigenvalue weighted by atomic mass is 16.3. The van der Waals surface area contributed by atoms with Crippen molar-refractivity contribution in [3.63, 3.8) is 0 Å². The summed E-state index contributed by atoms with van der Waals surface area (Å²) in [5.41, 5.74) is 3.85. The minimum atomic E-state index is -1.26. The van der Waals surface area contributed by atoms with Crippen molar-refractivity contribution in [1.29, 1.82) is 0 Å². The summed E-state index contributed by atoms with van der Waals surface area (Å²) in [7, 11) is 0. The maximum absolute atomic E-state index is 10.9. The summed E-state index contributed by atoms with van der Waals surface area (Å²) in [6, 6.07) is 0. The second kappa shape index (κ2) is 5.14. The van der Waals surface area contributed by atoms with Gasteiger partial charge in [-0.15, -0.1) is 0 Å². The number of nitrogens with two attached hydrogens (primary N) is 1. The first-order valence-electron chi connectivity index (χ1n) is 4.59. The van der Waals surface area contributed by atoms with Gasteiger partial charge in [0.25, 0.3) is 0 Å². The quantitative estimate of drug-likeness (QED) is 0.633. The number of hydrogen-bond donors (Lipinski definition) is 2. The molecule has 0 aliphatic heterocycles. The molecule has 0 aromatic carbocycles. The minimum absolute atomic E-state index is 0.475. The molecule has 0 aromatic rings. The Balaban J connectivity index is 4.08. The molecule has 3 N–H and O–H groups in total. The molecule has 1 unspecified atom stereocenters. The number of hydrogen-bond acceptors (Lipinski definition) is 2. The Morgan fingerprint density at radius 3 is 2.25 bits per heavy atom. The van der Waals surface area contributed by atoms with Crippen molar-refractivity contribution >= 4 is 5.91 Å². The predicted molar refractivity (Wildman–Crippen MR) is 48.6 cm³/mol. The van der Waals surface area contributed by atoms with Crippen LogP contribution in [0.2, 0.25) is 0 Å². The first-order valence-corrected chi connectivity index (χ1v) is 4.59. The molecule has 3 nitrogen and oxygen atoms in total. The van der Waals surface area contributed by atoms with Gasteiger partial charge in [0.1, 0.15) is 5.60 Å². The van der Waals surface area contributed by atoms with Crippen LogP contribution in [0.3, 0.4) is 0 Å². The molecule has 0 bridgehead atoms. The summed E-state index contributed by atoms with van der Waals surface area (Å²) in [6.45, 7) is 3.95. The van der Waals surface area contributed by atoms with E-state index in [4.69, 9.17) is 5.73 Å². The van der Waals surface area contributed by atoms with E-state index in [0.29, 0.717) is 12.8 Å². The summed E-state index contributed by atoms with van der Waals surface area (Å²) in [4.78, 5) is 10.9. The van der Waals surface area contributed by atoms with Crippen LogP contribution in [0.25, 0.3) is 0 Å². The number of carbonyl (C=O) groups is 1. The molecule has 1 atom stereocenters. The van der Waals surface area contributed by atoms with E-state index in [-0.39, 0.29) is 0 Å². The minimum Gasteiger partial charge on any atom is -0.380 e. The number of unbranched alkanes of at least 4 members (excludes halogenated alkanes) is 1. The zero-order valence-electron chi connectivity index (χ0n) is 7.97. The van der Waals surface area contributed by atoms with Gasteiger partial charge in [-0.3, -0.25) is 4.79 Å². The van der Waals surface area contributed by atoms with Gasteiger partial charge in [0.15, 0.2) is 0 Å². The Morgan fingerprint density at radius 1 is 1.33 bits per heavy atom. The van der Waals surface area contributed by atoms with E-state index in [2.05, 4.69) is 0 Å². The van der Waals surface area contributed by atoms with Crippen molar-refractivity contribution in [2.24, 2.45) is 5.73 Å². The van der Waals surface area contributed by atoms with Gasteiger partial charge in [-0.05, 0) is 12.8 Å². The summed E-state index contributed by atoms with van der Waals surface area (Å²) in [6.07, 6.45) is 3.57. The molecule has 0 saturated heterocycles. The zero-order valence-corrected chi connectivity index (χ0v) is 7.97. The number of aliphatic hydroxyl groups is 1. The highest BCUT2D eigenvalue weighted by Crippen LogP contribution is 2.19. The fraction of sp³-hybridized carbons (Fsp3) is 0.889. The van der Waals surface area contributed by atoms with Crippen molar-refractivity contribution < 1.29 is 9.90 Å². The molecule has 12 heavy (non-hydrogen) atoms. The summed E-state index contributed by atoms with van der Waals surface area (Å²) < 4.78 is 0. The molecule has 1 amide bonds. The molecule has 0 spiro atoms. The van der Waals surface area contributed by atoms with Gasteiger partial charge in [0.05, 0.1) is 0 Å². The third kappa shape index (κ3) is 3.22. The van der Waals surface area contributed by atoms with Gasteiger partial charge in [-0.25, -0.2) is 0 Å². The monoisotopic (exact) mass is 173 g/mol. The summed E-state index contributed by atoms with van der Waals surface area (Å²) in [5.74, 6) is -0.585. The van der Waals surface area contributed by atoms with Crippen LogP contribution in [-0.2, 0) is 4.79 Å². The molecule has 0 rings (SSSR count). The van der Waals surface area contributed by atoms with Gasteiger partial charge in [-0.2, -0.15) is 0 Å².